The quantitative estimate of drug-likeness (QED) is 0.785. The monoisotopic (exact) mass is 365 g/mol. The smallest absolute Gasteiger partial charge is 0.166 e. The van der Waals surface area contributed by atoms with Crippen LogP contribution in [0.1, 0.15) is 37.7 Å². The Morgan fingerprint density at radius 3 is 2.44 bits per heavy atom. The van der Waals surface area contributed by atoms with Gasteiger partial charge in [0, 0.05) is 31.7 Å². The third-order valence-corrected chi connectivity index (χ3v) is 5.70. The predicted octanol–water partition coefficient (Wildman–Crippen LogP) is 2.82. The molecule has 0 spiro atoms. The average molecular weight is 366 g/mol. The van der Waals surface area contributed by atoms with Crippen LogP contribution in [0, 0.1) is 5.82 Å². The molecule has 25 heavy (non-hydrogen) atoms. The Kier molecular flexibility index (Phi) is 6.62. The summed E-state index contributed by atoms with van der Waals surface area (Å²) >= 11 is 5.46. The first kappa shape index (κ1) is 18.5. The van der Waals surface area contributed by atoms with Crippen LogP contribution in [0.15, 0.2) is 24.3 Å². The van der Waals surface area contributed by atoms with Gasteiger partial charge in [-0.25, -0.2) is 4.39 Å². The van der Waals surface area contributed by atoms with Crippen molar-refractivity contribution >= 4 is 17.3 Å². The molecular weight excluding hydrogens is 337 g/mol. The van der Waals surface area contributed by atoms with E-state index in [0.29, 0.717) is 11.7 Å². The van der Waals surface area contributed by atoms with E-state index in [4.69, 9.17) is 17.0 Å². The van der Waals surface area contributed by atoms with Gasteiger partial charge in [-0.1, -0.05) is 31.4 Å². The van der Waals surface area contributed by atoms with Gasteiger partial charge in [0.05, 0.1) is 13.2 Å². The van der Waals surface area contributed by atoms with Gasteiger partial charge in [0.1, 0.15) is 5.82 Å². The molecule has 6 heteroatoms. The second-order valence-corrected chi connectivity index (χ2v) is 7.46. The number of thiocarbonyl (C=S) groups is 1. The number of halogens is 1. The fourth-order valence-electron chi connectivity index (χ4n) is 3.94. The Balaban J connectivity index is 1.51. The SMILES string of the molecule is Fc1ccc(CNC(=S)NCC2(N3CCOCC3)CCCCC2)cc1. The molecule has 0 amide bonds. The van der Waals surface area contributed by atoms with Crippen molar-refractivity contribution in [2.75, 3.05) is 32.8 Å². The van der Waals surface area contributed by atoms with Gasteiger partial charge in [0.15, 0.2) is 5.11 Å². The topological polar surface area (TPSA) is 36.5 Å². The molecule has 0 bridgehead atoms. The fourth-order valence-corrected chi connectivity index (χ4v) is 4.09. The molecule has 0 unspecified atom stereocenters. The molecule has 0 aromatic heterocycles. The lowest BCUT2D eigenvalue weighted by molar-refractivity contribution is -0.0352. The summed E-state index contributed by atoms with van der Waals surface area (Å²) in [4.78, 5) is 2.60. The van der Waals surface area contributed by atoms with Gasteiger partial charge in [0.25, 0.3) is 0 Å². The summed E-state index contributed by atoms with van der Waals surface area (Å²) in [6.07, 6.45) is 6.35. The minimum atomic E-state index is -0.214. The fraction of sp³-hybridized carbons (Fsp3) is 0.632. The highest BCUT2D eigenvalue weighted by atomic mass is 32.1. The second kappa shape index (κ2) is 8.92. The highest BCUT2D eigenvalue weighted by Gasteiger charge is 2.38. The molecule has 1 aliphatic heterocycles. The van der Waals surface area contributed by atoms with Gasteiger partial charge in [-0.3, -0.25) is 4.90 Å². The third-order valence-electron chi connectivity index (χ3n) is 5.41. The number of rotatable bonds is 5. The van der Waals surface area contributed by atoms with Gasteiger partial charge in [-0.2, -0.15) is 0 Å². The van der Waals surface area contributed by atoms with E-state index in [9.17, 15) is 4.39 Å². The lowest BCUT2D eigenvalue weighted by Crippen LogP contribution is -2.60. The van der Waals surface area contributed by atoms with E-state index in [1.165, 1.54) is 44.2 Å². The summed E-state index contributed by atoms with van der Waals surface area (Å²) in [5, 5.41) is 7.34. The zero-order valence-corrected chi connectivity index (χ0v) is 15.5. The van der Waals surface area contributed by atoms with E-state index >= 15 is 0 Å². The summed E-state index contributed by atoms with van der Waals surface area (Å²) in [6.45, 7) is 5.16. The summed E-state index contributed by atoms with van der Waals surface area (Å²) in [5.74, 6) is -0.214. The number of benzene rings is 1. The summed E-state index contributed by atoms with van der Waals surface area (Å²) in [7, 11) is 0. The van der Waals surface area contributed by atoms with Crippen LogP contribution in [0.4, 0.5) is 4.39 Å². The van der Waals surface area contributed by atoms with Gasteiger partial charge >= 0.3 is 0 Å². The molecule has 0 radical (unpaired) electrons. The number of hydrogen-bond donors (Lipinski definition) is 2. The maximum absolute atomic E-state index is 13.0. The van der Waals surface area contributed by atoms with E-state index in [1.54, 1.807) is 12.1 Å². The minimum absolute atomic E-state index is 0.198. The molecule has 2 fully saturated rings. The van der Waals surface area contributed by atoms with Crippen molar-refractivity contribution in [2.45, 2.75) is 44.2 Å². The molecule has 138 valence electrons. The van der Waals surface area contributed by atoms with Crippen LogP contribution < -0.4 is 10.6 Å². The molecule has 1 saturated carbocycles. The molecule has 0 atom stereocenters. The van der Waals surface area contributed by atoms with Crippen LogP contribution in [-0.2, 0) is 11.3 Å². The van der Waals surface area contributed by atoms with Crippen LogP contribution in [-0.4, -0.2) is 48.4 Å². The molecule has 1 heterocycles. The number of hydrogen-bond acceptors (Lipinski definition) is 3. The Bertz CT molecular complexity index is 554. The predicted molar refractivity (Wildman–Crippen MR) is 102 cm³/mol. The molecule has 2 aliphatic rings. The largest absolute Gasteiger partial charge is 0.379 e. The maximum Gasteiger partial charge on any atom is 0.166 e. The van der Waals surface area contributed by atoms with Crippen LogP contribution in [0.2, 0.25) is 0 Å². The number of ether oxygens (including phenoxy) is 1. The van der Waals surface area contributed by atoms with Crippen molar-refractivity contribution in [1.29, 1.82) is 0 Å². The molecular formula is C19H28FN3OS. The van der Waals surface area contributed by atoms with E-state index in [1.807, 2.05) is 0 Å². The van der Waals surface area contributed by atoms with Crippen molar-refractivity contribution in [3.05, 3.63) is 35.6 Å². The first-order valence-electron chi connectivity index (χ1n) is 9.27. The van der Waals surface area contributed by atoms with Gasteiger partial charge in [-0.15, -0.1) is 0 Å². The highest BCUT2D eigenvalue weighted by molar-refractivity contribution is 7.80. The molecule has 2 N–H and O–H groups in total. The first-order chi connectivity index (χ1) is 12.2. The van der Waals surface area contributed by atoms with Crippen molar-refractivity contribution < 1.29 is 9.13 Å². The van der Waals surface area contributed by atoms with E-state index in [2.05, 4.69) is 15.5 Å². The van der Waals surface area contributed by atoms with Gasteiger partial charge in [-0.05, 0) is 42.8 Å². The van der Waals surface area contributed by atoms with Crippen LogP contribution in [0.25, 0.3) is 0 Å². The molecule has 1 aromatic carbocycles. The maximum atomic E-state index is 13.0. The first-order valence-corrected chi connectivity index (χ1v) is 9.68. The minimum Gasteiger partial charge on any atom is -0.379 e. The lowest BCUT2D eigenvalue weighted by Gasteiger charge is -2.48. The summed E-state index contributed by atoms with van der Waals surface area (Å²) in [6, 6.07) is 6.51. The van der Waals surface area contributed by atoms with Crippen molar-refractivity contribution in [1.82, 2.24) is 15.5 Å². The number of morpholine rings is 1. The normalized spacial score (nSPS) is 20.8. The van der Waals surface area contributed by atoms with Crippen molar-refractivity contribution in [3.63, 3.8) is 0 Å². The van der Waals surface area contributed by atoms with Crippen LogP contribution in [0.5, 0.6) is 0 Å². The number of nitrogens with one attached hydrogen (secondary N) is 2. The Morgan fingerprint density at radius 2 is 1.76 bits per heavy atom. The summed E-state index contributed by atoms with van der Waals surface area (Å²) < 4.78 is 18.5. The zero-order chi connectivity index (χ0) is 17.5. The average Bonchev–Trinajstić information content (AvgIpc) is 2.67. The molecule has 1 aromatic rings. The molecule has 4 nitrogen and oxygen atoms in total. The highest BCUT2D eigenvalue weighted by Crippen LogP contribution is 2.33. The zero-order valence-electron chi connectivity index (χ0n) is 14.7. The van der Waals surface area contributed by atoms with E-state index in [0.717, 1.165) is 38.4 Å². The van der Waals surface area contributed by atoms with E-state index in [-0.39, 0.29) is 11.4 Å². The Morgan fingerprint density at radius 1 is 1.08 bits per heavy atom. The Hall–Kier alpha value is -1.24. The van der Waals surface area contributed by atoms with Crippen molar-refractivity contribution in [3.8, 4) is 0 Å². The van der Waals surface area contributed by atoms with Crippen LogP contribution in [0.3, 0.4) is 0 Å². The van der Waals surface area contributed by atoms with Crippen molar-refractivity contribution in [2.24, 2.45) is 0 Å². The van der Waals surface area contributed by atoms with Crippen LogP contribution >= 0.6 is 12.2 Å². The lowest BCUT2D eigenvalue weighted by atomic mass is 9.80. The number of nitrogens with zero attached hydrogens (tertiary/aromatic N) is 1. The van der Waals surface area contributed by atoms with E-state index < -0.39 is 0 Å². The molecule has 1 saturated heterocycles. The summed E-state index contributed by atoms with van der Waals surface area (Å²) in [5.41, 5.74) is 1.22. The second-order valence-electron chi connectivity index (χ2n) is 7.05. The van der Waals surface area contributed by atoms with Gasteiger partial charge < -0.3 is 15.4 Å². The molecule has 3 rings (SSSR count). The standard InChI is InChI=1S/C19H28FN3OS/c20-17-6-4-16(5-7-17)14-21-18(25)22-15-19(8-2-1-3-9-19)23-10-12-24-13-11-23/h4-7H,1-3,8-15H2,(H2,21,22,25). The Labute approximate surface area is 155 Å². The van der Waals surface area contributed by atoms with Gasteiger partial charge in [0.2, 0.25) is 0 Å². The third kappa shape index (κ3) is 5.12. The molecule has 1 aliphatic carbocycles.